The van der Waals surface area contributed by atoms with Crippen molar-refractivity contribution < 1.29 is 23.8 Å². The van der Waals surface area contributed by atoms with Crippen LogP contribution in [0.15, 0.2) is 85.3 Å². The Kier molecular flexibility index (Phi) is 14.0. The van der Waals surface area contributed by atoms with Gasteiger partial charge in [-0.2, -0.15) is 0 Å². The molecular formula is C30H32Cl3N7O5. The molecule has 0 aliphatic heterocycles. The number of esters is 1. The number of rotatable bonds is 10. The second-order valence-electron chi connectivity index (χ2n) is 8.88. The average Bonchev–Trinajstić information content (AvgIpc) is 3.39. The van der Waals surface area contributed by atoms with E-state index in [2.05, 4.69) is 26.8 Å². The third-order valence-corrected chi connectivity index (χ3v) is 6.10. The molecule has 0 saturated carbocycles. The molecule has 0 aliphatic carbocycles. The van der Waals surface area contributed by atoms with Crippen LogP contribution in [-0.4, -0.2) is 39.7 Å². The fraction of sp³-hybridized carbons (Fsp3) is 0.133. The monoisotopic (exact) mass is 675 g/mol. The molecule has 0 unspecified atom stereocenters. The van der Waals surface area contributed by atoms with E-state index >= 15 is 0 Å². The molecule has 5 aromatic rings. The Hall–Kier alpha value is -4.91. The summed E-state index contributed by atoms with van der Waals surface area (Å²) in [5.74, 6) is 1.77. The molecule has 0 atom stereocenters. The summed E-state index contributed by atoms with van der Waals surface area (Å²) in [7, 11) is 0. The molecule has 2 heterocycles. The molecule has 0 bridgehead atoms. The number of anilines is 3. The van der Waals surface area contributed by atoms with Gasteiger partial charge in [0.2, 0.25) is 0 Å². The van der Waals surface area contributed by atoms with Crippen molar-refractivity contribution in [2.24, 2.45) is 11.5 Å². The number of amides is 2. The minimum atomic E-state index is -0.833. The summed E-state index contributed by atoms with van der Waals surface area (Å²) in [4.78, 5) is 30.1. The number of benzene rings is 3. The van der Waals surface area contributed by atoms with Crippen molar-refractivity contribution in [1.82, 2.24) is 14.5 Å². The second kappa shape index (κ2) is 17.4. The summed E-state index contributed by atoms with van der Waals surface area (Å²) in [5.41, 5.74) is 17.6. The Balaban J connectivity index is 0.00000111. The van der Waals surface area contributed by atoms with Crippen LogP contribution in [0.3, 0.4) is 0 Å². The predicted molar refractivity (Wildman–Crippen MR) is 179 cm³/mol. The lowest BCUT2D eigenvalue weighted by Crippen LogP contribution is -2.18. The highest BCUT2D eigenvalue weighted by molar-refractivity contribution is 6.32. The van der Waals surface area contributed by atoms with E-state index < -0.39 is 12.0 Å². The highest BCUT2D eigenvalue weighted by Gasteiger charge is 2.14. The standard InChI is InChI=1S/C29H26ClN5O4.CH4N2O.2ClH/c1-2-37-29(36)22-8-3-4-9-25(22)38-15-14-35-13-12-24-27(35)28(33-18-32-24)34-20-10-11-26(23(30)17-20)39-21-7-5-6-19(31)16-21;2-1(3)4;;/h3-13,16-18H,2,14-15,31H2,1H3,(H,32,33,34);(H4,2,3,4);2*1H. The molecule has 7 N–H and O–H groups in total. The fourth-order valence-electron chi connectivity index (χ4n) is 4.04. The van der Waals surface area contributed by atoms with Crippen molar-refractivity contribution in [3.63, 3.8) is 0 Å². The van der Waals surface area contributed by atoms with E-state index in [-0.39, 0.29) is 24.8 Å². The van der Waals surface area contributed by atoms with E-state index in [1.165, 1.54) is 6.33 Å². The maximum Gasteiger partial charge on any atom is 0.341 e. The van der Waals surface area contributed by atoms with Crippen LogP contribution in [0.25, 0.3) is 11.0 Å². The molecule has 15 heteroatoms. The van der Waals surface area contributed by atoms with E-state index in [0.29, 0.717) is 59.1 Å². The lowest BCUT2D eigenvalue weighted by molar-refractivity contribution is 0.0521. The summed E-state index contributed by atoms with van der Waals surface area (Å²) < 4.78 is 18.9. The zero-order valence-corrected chi connectivity index (χ0v) is 26.4. The van der Waals surface area contributed by atoms with Gasteiger partial charge in [-0.1, -0.05) is 29.8 Å². The van der Waals surface area contributed by atoms with Gasteiger partial charge in [0.25, 0.3) is 0 Å². The van der Waals surface area contributed by atoms with Gasteiger partial charge in [-0.05, 0) is 55.5 Å². The minimum Gasteiger partial charge on any atom is -0.491 e. The van der Waals surface area contributed by atoms with Gasteiger partial charge in [0, 0.05) is 23.6 Å². The first-order valence-corrected chi connectivity index (χ1v) is 13.5. The van der Waals surface area contributed by atoms with Gasteiger partial charge in [0.15, 0.2) is 5.82 Å². The molecule has 0 saturated heterocycles. The number of ether oxygens (including phenoxy) is 3. The molecule has 5 rings (SSSR count). The number of hydrogen-bond donors (Lipinski definition) is 4. The summed E-state index contributed by atoms with van der Waals surface area (Å²) in [6, 6.07) is 20.6. The number of nitrogens with zero attached hydrogens (tertiary/aromatic N) is 3. The van der Waals surface area contributed by atoms with Gasteiger partial charge >= 0.3 is 12.0 Å². The summed E-state index contributed by atoms with van der Waals surface area (Å²) >= 11 is 6.51. The lowest BCUT2D eigenvalue weighted by atomic mass is 10.2. The molecule has 0 aliphatic rings. The van der Waals surface area contributed by atoms with Crippen molar-refractivity contribution in [1.29, 1.82) is 0 Å². The summed E-state index contributed by atoms with van der Waals surface area (Å²) in [6.07, 6.45) is 3.42. The molecule has 0 spiro atoms. The van der Waals surface area contributed by atoms with Crippen molar-refractivity contribution >= 4 is 76.6 Å². The van der Waals surface area contributed by atoms with E-state index in [1.54, 1.807) is 49.4 Å². The predicted octanol–water partition coefficient (Wildman–Crippen LogP) is 6.33. The zero-order chi connectivity index (χ0) is 30.8. The van der Waals surface area contributed by atoms with Crippen molar-refractivity contribution in [3.8, 4) is 17.2 Å². The van der Waals surface area contributed by atoms with Crippen LogP contribution < -0.4 is 32.0 Å². The maximum absolute atomic E-state index is 12.2. The maximum atomic E-state index is 12.2. The number of nitrogens with one attached hydrogen (secondary N) is 1. The third kappa shape index (κ3) is 10.1. The second-order valence-corrected chi connectivity index (χ2v) is 9.28. The SMILES string of the molecule is CCOC(=O)c1ccccc1OCCn1ccc2ncnc(Nc3ccc(Oc4cccc(N)c4)c(Cl)c3)c21.Cl.Cl.NC(N)=O. The van der Waals surface area contributed by atoms with Crippen LogP contribution in [0.2, 0.25) is 5.02 Å². The first kappa shape index (κ1) is 36.3. The number of halogens is 3. The number of hydrogen-bond acceptors (Lipinski definition) is 9. The minimum absolute atomic E-state index is 0. The normalized spacial score (nSPS) is 9.91. The first-order chi connectivity index (χ1) is 20.7. The third-order valence-electron chi connectivity index (χ3n) is 5.80. The number of fused-ring (bicyclic) bond motifs is 1. The van der Waals surface area contributed by atoms with E-state index in [0.717, 1.165) is 16.7 Å². The molecular weight excluding hydrogens is 645 g/mol. The number of carbonyl (C=O) groups excluding carboxylic acids is 2. The number of aromatic nitrogens is 3. The van der Waals surface area contributed by atoms with Crippen molar-refractivity contribution in [2.45, 2.75) is 13.5 Å². The molecule has 3 aromatic carbocycles. The number of primary amides is 2. The highest BCUT2D eigenvalue weighted by atomic mass is 35.5. The van der Waals surface area contributed by atoms with Crippen LogP contribution in [0, 0.1) is 0 Å². The van der Waals surface area contributed by atoms with Gasteiger partial charge in [-0.15, -0.1) is 24.8 Å². The Morgan fingerprint density at radius 1 is 0.956 bits per heavy atom. The molecule has 2 aromatic heterocycles. The number of urea groups is 1. The van der Waals surface area contributed by atoms with Gasteiger partial charge in [0.05, 0.1) is 23.7 Å². The highest BCUT2D eigenvalue weighted by Crippen LogP contribution is 2.34. The molecule has 45 heavy (non-hydrogen) atoms. The molecule has 0 radical (unpaired) electrons. The topological polar surface area (TPSA) is 183 Å². The summed E-state index contributed by atoms with van der Waals surface area (Å²) in [5, 5.41) is 3.75. The largest absolute Gasteiger partial charge is 0.491 e. The Morgan fingerprint density at radius 3 is 2.42 bits per heavy atom. The molecule has 238 valence electrons. The van der Waals surface area contributed by atoms with Crippen LogP contribution in [0.5, 0.6) is 17.2 Å². The number of nitrogen functional groups attached to an aromatic ring is 1. The smallest absolute Gasteiger partial charge is 0.341 e. The quantitative estimate of drug-likeness (QED) is 0.0970. The van der Waals surface area contributed by atoms with Gasteiger partial charge in [0.1, 0.15) is 41.3 Å². The van der Waals surface area contributed by atoms with E-state index in [4.69, 9.17) is 36.3 Å². The fourth-order valence-corrected chi connectivity index (χ4v) is 4.26. The van der Waals surface area contributed by atoms with E-state index in [1.807, 2.05) is 41.1 Å². The number of carbonyl (C=O) groups is 2. The van der Waals surface area contributed by atoms with Crippen LogP contribution >= 0.6 is 36.4 Å². The molecule has 12 nitrogen and oxygen atoms in total. The zero-order valence-electron chi connectivity index (χ0n) is 24.0. The van der Waals surface area contributed by atoms with Gasteiger partial charge in [-0.25, -0.2) is 19.6 Å². The first-order valence-electron chi connectivity index (χ1n) is 13.1. The number of nitrogens with two attached hydrogens (primary N) is 3. The van der Waals surface area contributed by atoms with Crippen LogP contribution in [0.1, 0.15) is 17.3 Å². The van der Waals surface area contributed by atoms with Crippen LogP contribution in [-0.2, 0) is 11.3 Å². The van der Waals surface area contributed by atoms with E-state index in [9.17, 15) is 4.79 Å². The number of para-hydroxylation sites is 1. The Morgan fingerprint density at radius 2 is 1.71 bits per heavy atom. The van der Waals surface area contributed by atoms with Crippen molar-refractivity contribution in [2.75, 3.05) is 24.3 Å². The van der Waals surface area contributed by atoms with Gasteiger partial charge in [-0.3, -0.25) is 0 Å². The van der Waals surface area contributed by atoms with Crippen molar-refractivity contribution in [3.05, 3.63) is 95.9 Å². The molecule has 0 fully saturated rings. The Bertz CT molecular complexity index is 1730. The van der Waals surface area contributed by atoms with Gasteiger partial charge < -0.3 is 41.3 Å². The lowest BCUT2D eigenvalue weighted by Gasteiger charge is -2.14. The Labute approximate surface area is 276 Å². The summed E-state index contributed by atoms with van der Waals surface area (Å²) in [6.45, 7) is 2.87. The molecule has 2 amide bonds. The van der Waals surface area contributed by atoms with Crippen LogP contribution in [0.4, 0.5) is 22.0 Å². The average molecular weight is 677 g/mol.